The summed E-state index contributed by atoms with van der Waals surface area (Å²) in [5.41, 5.74) is 5.23. The Kier molecular flexibility index (Phi) is 7.68. The maximum atomic E-state index is 12.9. The van der Waals surface area contributed by atoms with Crippen molar-refractivity contribution in [2.45, 2.75) is 62.1 Å². The molecule has 2 fully saturated rings. The number of β-lactam (4-membered cyclic amide) rings is 1. The van der Waals surface area contributed by atoms with Crippen LogP contribution in [0, 0.1) is 11.8 Å². The number of aliphatic carboxylic acids is 1. The summed E-state index contributed by atoms with van der Waals surface area (Å²) in [5, 5.41) is 32.1. The van der Waals surface area contributed by atoms with Crippen LogP contribution in [0.4, 0.5) is 4.79 Å². The fraction of sp³-hybridized carbons (Fsp3) is 0.700. The number of nitrogens with two attached hydrogens (primary N) is 1. The average molecular weight is 503 g/mol. The van der Waals surface area contributed by atoms with Gasteiger partial charge in [0.25, 0.3) is 0 Å². The van der Waals surface area contributed by atoms with Crippen molar-refractivity contribution >= 4 is 47.3 Å². The van der Waals surface area contributed by atoms with E-state index in [2.05, 4.69) is 5.32 Å². The quantitative estimate of drug-likeness (QED) is 0.217. The lowest BCUT2D eigenvalue weighted by Crippen LogP contribution is -2.63. The number of rotatable bonds is 8. The van der Waals surface area contributed by atoms with E-state index in [1.807, 2.05) is 6.92 Å². The summed E-state index contributed by atoms with van der Waals surface area (Å²) in [6.45, 7) is 5.17. The molecule has 0 radical (unpaired) electrons. The van der Waals surface area contributed by atoms with E-state index in [9.17, 15) is 34.5 Å². The normalized spacial score (nSPS) is 31.6. The number of aliphatic hydroxyl groups is 2. The lowest BCUT2D eigenvalue weighted by Gasteiger charge is -2.46. The molecule has 3 aliphatic rings. The zero-order valence-corrected chi connectivity index (χ0v) is 20.4. The number of carboxylic acids is 1. The number of fused-ring (bicyclic) bond motifs is 1. The van der Waals surface area contributed by atoms with Gasteiger partial charge in [0.05, 0.1) is 23.3 Å². The van der Waals surface area contributed by atoms with Gasteiger partial charge in [-0.15, -0.1) is 11.8 Å². The fourth-order valence-electron chi connectivity index (χ4n) is 4.96. The summed E-state index contributed by atoms with van der Waals surface area (Å²) in [6, 6.07) is -1.73. The summed E-state index contributed by atoms with van der Waals surface area (Å²) >= 11 is 2.61. The molecular formula is C20H30N4O7S2. The molecule has 3 aliphatic heterocycles. The van der Waals surface area contributed by atoms with Crippen molar-refractivity contribution < 1.29 is 34.5 Å². The number of carboxylic acid groups (broad SMARTS) is 1. The molecule has 3 rings (SSSR count). The third kappa shape index (κ3) is 4.48. The average Bonchev–Trinajstić information content (AvgIpc) is 3.24. The van der Waals surface area contributed by atoms with Crippen LogP contribution in [0.25, 0.3) is 0 Å². The Bertz CT molecular complexity index is 880. The van der Waals surface area contributed by atoms with Gasteiger partial charge in [0, 0.05) is 28.7 Å². The van der Waals surface area contributed by atoms with E-state index < -0.39 is 41.4 Å². The van der Waals surface area contributed by atoms with Crippen LogP contribution in [0.2, 0.25) is 0 Å². The second-order valence-corrected chi connectivity index (χ2v) is 10.9. The topological polar surface area (TPSA) is 173 Å². The maximum Gasteiger partial charge on any atom is 0.353 e. The summed E-state index contributed by atoms with van der Waals surface area (Å²) in [4.78, 5) is 51.5. The van der Waals surface area contributed by atoms with Crippen LogP contribution in [0.3, 0.4) is 0 Å². The maximum absolute atomic E-state index is 12.9. The molecule has 184 valence electrons. The number of amides is 4. The first-order valence-electron chi connectivity index (χ1n) is 10.6. The SMILES string of the molecule is CSC(C(=O)N(C(N)=O)C(C)O)[C@@H]1C[C@H](SC2=C(C(=O)O)N3C(=O)[C@H]([C@@H](C)O)[C@H]3[C@H]2C)CN1. The number of carbonyl (C=O) groups is 4. The monoisotopic (exact) mass is 502 g/mol. The van der Waals surface area contributed by atoms with Crippen LogP contribution in [-0.2, 0) is 14.4 Å². The largest absolute Gasteiger partial charge is 0.477 e. The minimum atomic E-state index is -1.36. The molecule has 11 nitrogen and oxygen atoms in total. The second kappa shape index (κ2) is 9.82. The summed E-state index contributed by atoms with van der Waals surface area (Å²) in [5.74, 6) is -3.02. The van der Waals surface area contributed by atoms with Crippen molar-refractivity contribution in [2.24, 2.45) is 17.6 Å². The molecule has 4 amide bonds. The molecule has 3 heterocycles. The van der Waals surface area contributed by atoms with Gasteiger partial charge in [0.2, 0.25) is 11.8 Å². The molecule has 8 atom stereocenters. The molecule has 0 aromatic rings. The third-order valence-corrected chi connectivity index (χ3v) is 8.99. The van der Waals surface area contributed by atoms with E-state index in [0.717, 1.165) is 0 Å². The highest BCUT2D eigenvalue weighted by molar-refractivity contribution is 8.03. The molecule has 0 saturated carbocycles. The molecule has 2 saturated heterocycles. The van der Waals surface area contributed by atoms with Gasteiger partial charge in [-0.3, -0.25) is 9.59 Å². The number of hydrogen-bond acceptors (Lipinski definition) is 9. The van der Waals surface area contributed by atoms with Gasteiger partial charge in [-0.25, -0.2) is 14.5 Å². The van der Waals surface area contributed by atoms with Gasteiger partial charge >= 0.3 is 12.0 Å². The summed E-state index contributed by atoms with van der Waals surface area (Å²) < 4.78 is 0. The van der Waals surface area contributed by atoms with Crippen molar-refractivity contribution in [2.75, 3.05) is 12.8 Å². The van der Waals surface area contributed by atoms with Gasteiger partial charge < -0.3 is 31.3 Å². The van der Waals surface area contributed by atoms with Crippen molar-refractivity contribution in [3.05, 3.63) is 10.6 Å². The zero-order chi connectivity index (χ0) is 24.8. The van der Waals surface area contributed by atoms with Gasteiger partial charge in [0.15, 0.2) is 0 Å². The van der Waals surface area contributed by atoms with Crippen LogP contribution < -0.4 is 11.1 Å². The molecule has 6 N–H and O–H groups in total. The predicted octanol–water partition coefficient (Wildman–Crippen LogP) is -0.419. The number of urea groups is 1. The predicted molar refractivity (Wildman–Crippen MR) is 123 cm³/mol. The van der Waals surface area contributed by atoms with Crippen molar-refractivity contribution in [3.8, 4) is 0 Å². The molecule has 2 unspecified atom stereocenters. The highest BCUT2D eigenvalue weighted by atomic mass is 32.2. The second-order valence-electron chi connectivity index (χ2n) is 8.60. The molecule has 0 bridgehead atoms. The molecule has 13 heteroatoms. The Balaban J connectivity index is 1.75. The van der Waals surface area contributed by atoms with Crippen LogP contribution in [0.15, 0.2) is 10.6 Å². The van der Waals surface area contributed by atoms with Gasteiger partial charge in [-0.2, -0.15) is 11.8 Å². The van der Waals surface area contributed by atoms with Crippen molar-refractivity contribution in [1.82, 2.24) is 15.1 Å². The Morgan fingerprint density at radius 1 is 1.27 bits per heavy atom. The minimum absolute atomic E-state index is 0.0330. The number of imide groups is 1. The summed E-state index contributed by atoms with van der Waals surface area (Å²) in [7, 11) is 0. The third-order valence-electron chi connectivity index (χ3n) is 6.44. The molecule has 0 aromatic carbocycles. The van der Waals surface area contributed by atoms with Crippen molar-refractivity contribution in [3.63, 3.8) is 0 Å². The Hall–Kier alpha value is -1.80. The molecule has 33 heavy (non-hydrogen) atoms. The van der Waals surface area contributed by atoms with E-state index in [1.165, 1.54) is 42.3 Å². The van der Waals surface area contributed by atoms with E-state index in [0.29, 0.717) is 22.8 Å². The lowest BCUT2D eigenvalue weighted by atomic mass is 9.79. The number of primary amides is 1. The fourth-order valence-corrected chi connectivity index (χ4v) is 7.31. The first-order valence-corrected chi connectivity index (χ1v) is 12.8. The molecule has 0 aliphatic carbocycles. The van der Waals surface area contributed by atoms with E-state index in [4.69, 9.17) is 5.73 Å². The van der Waals surface area contributed by atoms with Crippen LogP contribution in [0.5, 0.6) is 0 Å². The molecule has 0 spiro atoms. The standard InChI is InChI=1S/C20H30N4O7S2/c1-7-13-12(8(2)25)17(27)24(13)14(19(29)30)15(7)33-10-5-11(22-6-10)16(32-4)18(28)23(9(3)26)20(21)31/h7-13,16,22,25-26H,5-6H2,1-4H3,(H2,21,31)(H,29,30)/t7-,8-,9?,10+,11+,12-,13-,16?/m1/s1. The first kappa shape index (κ1) is 25.8. The smallest absolute Gasteiger partial charge is 0.353 e. The van der Waals surface area contributed by atoms with E-state index >= 15 is 0 Å². The number of aliphatic hydroxyl groups excluding tert-OH is 2. The Morgan fingerprint density at radius 2 is 1.91 bits per heavy atom. The van der Waals surface area contributed by atoms with Crippen LogP contribution >= 0.6 is 23.5 Å². The van der Waals surface area contributed by atoms with Gasteiger partial charge in [-0.1, -0.05) is 6.92 Å². The van der Waals surface area contributed by atoms with E-state index in [-0.39, 0.29) is 34.9 Å². The zero-order valence-electron chi connectivity index (χ0n) is 18.8. The Labute approximate surface area is 200 Å². The first-order chi connectivity index (χ1) is 15.4. The Morgan fingerprint density at radius 3 is 2.39 bits per heavy atom. The number of carbonyl (C=O) groups excluding carboxylic acids is 3. The van der Waals surface area contributed by atoms with E-state index in [1.54, 1.807) is 6.26 Å². The van der Waals surface area contributed by atoms with Gasteiger partial charge in [-0.05, 0) is 26.5 Å². The molecular weight excluding hydrogens is 472 g/mol. The van der Waals surface area contributed by atoms with Gasteiger partial charge in [0.1, 0.15) is 11.9 Å². The van der Waals surface area contributed by atoms with Crippen molar-refractivity contribution in [1.29, 1.82) is 0 Å². The lowest BCUT2D eigenvalue weighted by molar-refractivity contribution is -0.163. The highest BCUT2D eigenvalue weighted by Crippen LogP contribution is 2.52. The number of nitrogens with zero attached hydrogens (tertiary/aromatic N) is 2. The van der Waals surface area contributed by atoms with Crippen LogP contribution in [-0.4, -0.2) is 96.7 Å². The number of hydrogen-bond donors (Lipinski definition) is 5. The van der Waals surface area contributed by atoms with Crippen LogP contribution in [0.1, 0.15) is 27.2 Å². The summed E-state index contributed by atoms with van der Waals surface area (Å²) in [6.07, 6.45) is 0.00923. The number of nitrogens with one attached hydrogen (secondary N) is 1. The number of thioether (sulfide) groups is 2. The minimum Gasteiger partial charge on any atom is -0.477 e. The highest BCUT2D eigenvalue weighted by Gasteiger charge is 2.60. The molecule has 0 aromatic heterocycles.